The van der Waals surface area contributed by atoms with Crippen molar-refractivity contribution in [3.05, 3.63) is 45.0 Å². The van der Waals surface area contributed by atoms with Gasteiger partial charge in [0.05, 0.1) is 10.6 Å². The lowest BCUT2D eigenvalue weighted by molar-refractivity contribution is -0.386. The monoisotopic (exact) mass is 368 g/mol. The van der Waals surface area contributed by atoms with Gasteiger partial charge >= 0.3 is 0 Å². The van der Waals surface area contributed by atoms with Crippen LogP contribution >= 0.6 is 0 Å². The second-order valence-electron chi connectivity index (χ2n) is 9.37. The van der Waals surface area contributed by atoms with Crippen LogP contribution in [0.2, 0.25) is 0 Å². The molecule has 27 heavy (non-hydrogen) atoms. The Kier molecular flexibility index (Phi) is 3.12. The Labute approximate surface area is 157 Å². The van der Waals surface area contributed by atoms with Crippen LogP contribution in [0.1, 0.15) is 68.6 Å². The standard InChI is InChI=1S/C21H24N2O4/c1-21(2,3)15-7-4-10(8-16(15)23(26)27)22-19(24)17-11-5-6-12(14-9-13(11)14)18(17)20(22)25/h4,7-8,11-14,24-25H,5-6,9H2,1-3H3/t11-,12+,13+,14-. The topological polar surface area (TPSA) is 88.5 Å². The van der Waals surface area contributed by atoms with E-state index in [2.05, 4.69) is 0 Å². The van der Waals surface area contributed by atoms with Crippen LogP contribution in [0.4, 0.5) is 5.69 Å². The SMILES string of the molecule is CC(C)(C)c1ccc(-n2c(O)c3c(c2O)[C@@H]2CC[C@H]3[C@H]3C[C@H]32)cc1[N+](=O)[O-]. The molecule has 4 aliphatic rings. The van der Waals surface area contributed by atoms with E-state index in [1.54, 1.807) is 12.1 Å². The molecule has 6 heteroatoms. The molecule has 6 rings (SSSR count). The number of nitro benzene ring substituents is 1. The number of fused-ring (bicyclic) bond motifs is 1. The molecule has 2 aromatic rings. The van der Waals surface area contributed by atoms with E-state index in [4.69, 9.17) is 0 Å². The molecule has 4 atom stereocenters. The molecule has 0 radical (unpaired) electrons. The number of hydrogen-bond donors (Lipinski definition) is 2. The van der Waals surface area contributed by atoms with Crippen molar-refractivity contribution >= 4 is 5.69 Å². The van der Waals surface area contributed by atoms with Crippen molar-refractivity contribution in [1.82, 2.24) is 4.57 Å². The second kappa shape index (κ2) is 5.06. The van der Waals surface area contributed by atoms with Gasteiger partial charge in [0.25, 0.3) is 5.69 Å². The summed E-state index contributed by atoms with van der Waals surface area (Å²) in [5, 5.41) is 33.6. The fraction of sp³-hybridized carbons (Fsp3) is 0.524. The third kappa shape index (κ3) is 2.12. The highest BCUT2D eigenvalue weighted by Gasteiger charge is 2.59. The van der Waals surface area contributed by atoms with Gasteiger partial charge in [0, 0.05) is 22.8 Å². The largest absolute Gasteiger partial charge is 0.494 e. The first-order valence-corrected chi connectivity index (χ1v) is 9.66. The maximum absolute atomic E-state index is 11.7. The van der Waals surface area contributed by atoms with E-state index < -0.39 is 0 Å². The lowest BCUT2D eigenvalue weighted by Crippen LogP contribution is -2.22. The summed E-state index contributed by atoms with van der Waals surface area (Å²) in [5.74, 6) is 2.00. The average Bonchev–Trinajstić information content (AvgIpc) is 3.38. The molecule has 2 fully saturated rings. The summed E-state index contributed by atoms with van der Waals surface area (Å²) in [6.45, 7) is 5.80. The zero-order valence-electron chi connectivity index (χ0n) is 15.8. The molecule has 0 saturated heterocycles. The summed E-state index contributed by atoms with van der Waals surface area (Å²) in [7, 11) is 0. The first-order chi connectivity index (χ1) is 12.7. The fourth-order valence-electron chi connectivity index (χ4n) is 5.67. The van der Waals surface area contributed by atoms with Gasteiger partial charge in [-0.15, -0.1) is 0 Å². The first kappa shape index (κ1) is 16.7. The van der Waals surface area contributed by atoms with Gasteiger partial charge in [0.2, 0.25) is 11.8 Å². The third-order valence-corrected chi connectivity index (χ3v) is 6.89. The number of rotatable bonds is 2. The quantitative estimate of drug-likeness (QED) is 0.594. The van der Waals surface area contributed by atoms with E-state index in [9.17, 15) is 20.3 Å². The van der Waals surface area contributed by atoms with E-state index >= 15 is 0 Å². The molecule has 2 bridgehead atoms. The average molecular weight is 368 g/mol. The minimum absolute atomic E-state index is 0.0105. The molecule has 0 amide bonds. The number of benzene rings is 1. The smallest absolute Gasteiger partial charge is 0.275 e. The fourth-order valence-corrected chi connectivity index (χ4v) is 5.67. The predicted octanol–water partition coefficient (Wildman–Crippen LogP) is 4.70. The zero-order valence-corrected chi connectivity index (χ0v) is 15.8. The lowest BCUT2D eigenvalue weighted by Gasteiger charge is -2.35. The van der Waals surface area contributed by atoms with Gasteiger partial charge in [-0.25, -0.2) is 0 Å². The van der Waals surface area contributed by atoms with Gasteiger partial charge in [-0.05, 0) is 60.5 Å². The van der Waals surface area contributed by atoms with Crippen LogP contribution in [0, 0.1) is 22.0 Å². The molecular formula is C21H24N2O4. The van der Waals surface area contributed by atoms with Crippen molar-refractivity contribution in [2.24, 2.45) is 11.8 Å². The number of nitrogens with zero attached hydrogens (tertiary/aromatic N) is 2. The molecule has 0 spiro atoms. The maximum atomic E-state index is 11.7. The van der Waals surface area contributed by atoms with Crippen LogP contribution in [-0.4, -0.2) is 19.7 Å². The molecule has 1 aromatic carbocycles. The summed E-state index contributed by atoms with van der Waals surface area (Å²) in [6.07, 6.45) is 3.30. The zero-order chi connectivity index (χ0) is 19.2. The van der Waals surface area contributed by atoms with Gasteiger partial charge in [0.1, 0.15) is 0 Å². The lowest BCUT2D eigenvalue weighted by atomic mass is 9.68. The van der Waals surface area contributed by atoms with Crippen molar-refractivity contribution in [2.45, 2.75) is 57.3 Å². The van der Waals surface area contributed by atoms with Crippen LogP contribution in [0.5, 0.6) is 11.8 Å². The molecule has 0 unspecified atom stereocenters. The Morgan fingerprint density at radius 1 is 1.07 bits per heavy atom. The van der Waals surface area contributed by atoms with Gasteiger partial charge in [-0.1, -0.05) is 20.8 Å². The van der Waals surface area contributed by atoms with E-state index in [-0.39, 0.29) is 27.8 Å². The Bertz CT molecular complexity index is 946. The second-order valence-corrected chi connectivity index (χ2v) is 9.37. The highest BCUT2D eigenvalue weighted by molar-refractivity contribution is 5.61. The molecule has 1 aromatic heterocycles. The van der Waals surface area contributed by atoms with Gasteiger partial charge in [-0.3, -0.25) is 14.7 Å². The van der Waals surface area contributed by atoms with Crippen LogP contribution in [0.15, 0.2) is 18.2 Å². The highest BCUT2D eigenvalue weighted by Crippen LogP contribution is 2.70. The summed E-state index contributed by atoms with van der Waals surface area (Å²) in [4.78, 5) is 11.3. The summed E-state index contributed by atoms with van der Waals surface area (Å²) >= 11 is 0. The summed E-state index contributed by atoms with van der Waals surface area (Å²) < 4.78 is 1.40. The van der Waals surface area contributed by atoms with Crippen molar-refractivity contribution < 1.29 is 15.1 Å². The number of aromatic nitrogens is 1. The summed E-state index contributed by atoms with van der Waals surface area (Å²) in [6, 6.07) is 4.95. The molecule has 4 aliphatic carbocycles. The van der Waals surface area contributed by atoms with E-state index in [1.807, 2.05) is 20.8 Å². The van der Waals surface area contributed by atoms with Gasteiger partial charge < -0.3 is 10.2 Å². The van der Waals surface area contributed by atoms with Crippen molar-refractivity contribution in [2.75, 3.05) is 0 Å². The van der Waals surface area contributed by atoms with Crippen molar-refractivity contribution in [3.63, 3.8) is 0 Å². The van der Waals surface area contributed by atoms with Crippen LogP contribution in [-0.2, 0) is 5.41 Å². The molecule has 142 valence electrons. The van der Waals surface area contributed by atoms with Gasteiger partial charge in [0.15, 0.2) is 0 Å². The molecule has 2 N–H and O–H groups in total. The summed E-state index contributed by atoms with van der Waals surface area (Å²) in [5.41, 5.74) is 2.47. The minimum atomic E-state index is -0.388. The van der Waals surface area contributed by atoms with Gasteiger partial charge in [-0.2, -0.15) is 0 Å². The Morgan fingerprint density at radius 3 is 2.11 bits per heavy atom. The third-order valence-electron chi connectivity index (χ3n) is 6.89. The van der Waals surface area contributed by atoms with Crippen molar-refractivity contribution in [1.29, 1.82) is 0 Å². The van der Waals surface area contributed by atoms with E-state index in [0.29, 0.717) is 34.9 Å². The Morgan fingerprint density at radius 2 is 1.63 bits per heavy atom. The molecule has 0 aliphatic heterocycles. The molecular weight excluding hydrogens is 344 g/mol. The number of aromatic hydroxyl groups is 2. The molecule has 6 nitrogen and oxygen atoms in total. The van der Waals surface area contributed by atoms with Crippen molar-refractivity contribution in [3.8, 4) is 17.4 Å². The number of hydrogen-bond acceptors (Lipinski definition) is 4. The number of nitro groups is 1. The molecule has 1 heterocycles. The minimum Gasteiger partial charge on any atom is -0.494 e. The highest BCUT2D eigenvalue weighted by atomic mass is 16.6. The van der Waals surface area contributed by atoms with E-state index in [0.717, 1.165) is 24.0 Å². The Hall–Kier alpha value is -2.50. The normalized spacial score (nSPS) is 28.0. The Balaban J connectivity index is 1.69. The maximum Gasteiger partial charge on any atom is 0.275 e. The van der Waals surface area contributed by atoms with Crippen LogP contribution < -0.4 is 0 Å². The van der Waals surface area contributed by atoms with Crippen LogP contribution in [0.25, 0.3) is 5.69 Å². The molecule has 2 saturated carbocycles. The first-order valence-electron chi connectivity index (χ1n) is 9.66. The van der Waals surface area contributed by atoms with E-state index in [1.165, 1.54) is 17.1 Å². The van der Waals surface area contributed by atoms with Crippen LogP contribution in [0.3, 0.4) is 0 Å². The predicted molar refractivity (Wildman–Crippen MR) is 101 cm³/mol.